The number of benzene rings is 4. The molecule has 0 fully saturated rings. The minimum absolute atomic E-state index is 0.236. The smallest absolute Gasteiger partial charge is 0.343 e. The minimum atomic E-state index is -0.533. The van der Waals surface area contributed by atoms with E-state index < -0.39 is 17.7 Å². The van der Waals surface area contributed by atoms with Crippen molar-refractivity contribution in [3.8, 4) is 16.9 Å². The number of amides is 1. The molecule has 1 aromatic heterocycles. The van der Waals surface area contributed by atoms with Gasteiger partial charge < -0.3 is 9.72 Å². The summed E-state index contributed by atoms with van der Waals surface area (Å²) in [4.78, 5) is 29.1. The predicted molar refractivity (Wildman–Crippen MR) is 157 cm³/mol. The second kappa shape index (κ2) is 11.3. The van der Waals surface area contributed by atoms with Gasteiger partial charge in [0.15, 0.2) is 5.75 Å². The molecule has 2 N–H and O–H groups in total. The predicted octanol–water partition coefficient (Wildman–Crippen LogP) is 7.79. The highest BCUT2D eigenvalue weighted by molar-refractivity contribution is 9.11. The highest BCUT2D eigenvalue weighted by atomic mass is 79.9. The van der Waals surface area contributed by atoms with Crippen LogP contribution in [0.4, 0.5) is 4.39 Å². The van der Waals surface area contributed by atoms with Crippen LogP contribution in [0.3, 0.4) is 0 Å². The molecule has 9 heteroatoms. The highest BCUT2D eigenvalue weighted by Crippen LogP contribution is 2.34. The number of halogens is 3. The first-order chi connectivity index (χ1) is 18.8. The molecule has 0 radical (unpaired) electrons. The molecule has 0 saturated carbocycles. The number of carbonyl (C=O) groups is 2. The molecule has 0 atom stereocenters. The molecule has 0 unspecified atom stereocenters. The average molecular weight is 649 g/mol. The summed E-state index contributed by atoms with van der Waals surface area (Å²) >= 11 is 6.87. The van der Waals surface area contributed by atoms with Gasteiger partial charge in [0.2, 0.25) is 0 Å². The lowest BCUT2D eigenvalue weighted by Gasteiger charge is -2.11. The second-order valence-electron chi connectivity index (χ2n) is 8.69. The molecule has 6 nitrogen and oxygen atoms in total. The minimum Gasteiger partial charge on any atom is -0.421 e. The molecule has 0 aliphatic heterocycles. The molecule has 4 aromatic carbocycles. The van der Waals surface area contributed by atoms with Gasteiger partial charge >= 0.3 is 5.97 Å². The number of hydrazone groups is 1. The van der Waals surface area contributed by atoms with Gasteiger partial charge in [0, 0.05) is 26.5 Å². The Kier molecular flexibility index (Phi) is 7.72. The molecule has 0 saturated heterocycles. The number of hydrogen-bond acceptors (Lipinski definition) is 4. The number of hydrogen-bond donors (Lipinski definition) is 2. The third-order valence-corrected chi connectivity index (χ3v) is 6.99. The van der Waals surface area contributed by atoms with E-state index in [4.69, 9.17) is 4.74 Å². The Balaban J connectivity index is 1.43. The number of esters is 1. The number of nitrogens with one attached hydrogen (secondary N) is 2. The van der Waals surface area contributed by atoms with Crippen molar-refractivity contribution < 1.29 is 18.7 Å². The van der Waals surface area contributed by atoms with E-state index in [9.17, 15) is 14.0 Å². The van der Waals surface area contributed by atoms with Gasteiger partial charge in [-0.1, -0.05) is 64.0 Å². The topological polar surface area (TPSA) is 83.5 Å². The molecule has 1 amide bonds. The van der Waals surface area contributed by atoms with Gasteiger partial charge in [-0.25, -0.2) is 14.6 Å². The largest absolute Gasteiger partial charge is 0.421 e. The van der Waals surface area contributed by atoms with Crippen molar-refractivity contribution in [2.75, 3.05) is 0 Å². The van der Waals surface area contributed by atoms with E-state index >= 15 is 0 Å². The first-order valence-corrected chi connectivity index (χ1v) is 13.4. The molecule has 39 heavy (non-hydrogen) atoms. The lowest BCUT2D eigenvalue weighted by Crippen LogP contribution is -2.19. The summed E-state index contributed by atoms with van der Waals surface area (Å²) < 4.78 is 21.0. The monoisotopic (exact) mass is 647 g/mol. The van der Waals surface area contributed by atoms with E-state index in [-0.39, 0.29) is 11.4 Å². The van der Waals surface area contributed by atoms with Crippen LogP contribution in [0.25, 0.3) is 22.0 Å². The van der Waals surface area contributed by atoms with Crippen molar-refractivity contribution in [3.63, 3.8) is 0 Å². The summed E-state index contributed by atoms with van der Waals surface area (Å²) in [6.45, 7) is 1.93. The lowest BCUT2D eigenvalue weighted by molar-refractivity contribution is 0.0733. The van der Waals surface area contributed by atoms with Crippen LogP contribution in [-0.2, 0) is 0 Å². The number of rotatable bonds is 6. The Morgan fingerprint density at radius 3 is 2.46 bits per heavy atom. The number of fused-ring (bicyclic) bond motifs is 1. The fourth-order valence-corrected chi connectivity index (χ4v) is 5.42. The second-order valence-corrected chi connectivity index (χ2v) is 10.5. The van der Waals surface area contributed by atoms with Crippen LogP contribution < -0.4 is 10.2 Å². The molecular weight excluding hydrogens is 629 g/mol. The quantitative estimate of drug-likeness (QED) is 0.0853. The molecule has 0 bridgehead atoms. The van der Waals surface area contributed by atoms with Crippen molar-refractivity contribution >= 4 is 60.9 Å². The summed E-state index contributed by atoms with van der Waals surface area (Å²) in [5.41, 5.74) is 6.56. The van der Waals surface area contributed by atoms with Crippen molar-refractivity contribution in [1.82, 2.24) is 10.4 Å². The zero-order valence-corrected chi connectivity index (χ0v) is 23.6. The van der Waals surface area contributed by atoms with Gasteiger partial charge in [-0.15, -0.1) is 0 Å². The first-order valence-electron chi connectivity index (χ1n) is 11.8. The number of nitrogens with zero attached hydrogens (tertiary/aromatic N) is 1. The maximum Gasteiger partial charge on any atom is 0.343 e. The summed E-state index contributed by atoms with van der Waals surface area (Å²) in [6, 6.07) is 24.0. The third-order valence-electron chi connectivity index (χ3n) is 5.94. The third kappa shape index (κ3) is 5.84. The molecular formula is C30H20Br2FN3O3. The van der Waals surface area contributed by atoms with Crippen LogP contribution in [0.2, 0.25) is 0 Å². The van der Waals surface area contributed by atoms with Gasteiger partial charge in [-0.3, -0.25) is 4.79 Å². The average Bonchev–Trinajstić information content (AvgIpc) is 3.30. The molecule has 194 valence electrons. The van der Waals surface area contributed by atoms with E-state index in [0.29, 0.717) is 36.5 Å². The Bertz CT molecular complexity index is 1730. The SMILES string of the molecule is Cc1ccc(C(=O)Oc2c(Br)cc(Br)cc2C=NNC(=O)c2[nH]c3ccc(F)cc3c2-c2ccccc2)cc1. The van der Waals surface area contributed by atoms with Crippen LogP contribution >= 0.6 is 31.9 Å². The number of aromatic amines is 1. The number of carbonyl (C=O) groups excluding carboxylic acids is 2. The number of aryl methyl sites for hydroxylation is 1. The summed E-state index contributed by atoms with van der Waals surface area (Å²) in [5.74, 6) is -1.21. The normalized spacial score (nSPS) is 11.2. The number of aromatic nitrogens is 1. The number of ether oxygens (including phenoxy) is 1. The van der Waals surface area contributed by atoms with Crippen molar-refractivity contribution in [2.45, 2.75) is 6.92 Å². The van der Waals surface area contributed by atoms with Crippen LogP contribution in [0.5, 0.6) is 5.75 Å². The van der Waals surface area contributed by atoms with Crippen LogP contribution in [-0.4, -0.2) is 23.1 Å². The Hall–Kier alpha value is -4.08. The van der Waals surface area contributed by atoms with Crippen molar-refractivity contribution in [2.24, 2.45) is 5.10 Å². The molecule has 5 aromatic rings. The Morgan fingerprint density at radius 1 is 0.974 bits per heavy atom. The van der Waals surface area contributed by atoms with Gasteiger partial charge in [-0.2, -0.15) is 5.10 Å². The summed E-state index contributed by atoms with van der Waals surface area (Å²) in [6.07, 6.45) is 1.38. The van der Waals surface area contributed by atoms with E-state index in [2.05, 4.69) is 47.4 Å². The van der Waals surface area contributed by atoms with Crippen LogP contribution in [0.1, 0.15) is 32.0 Å². The zero-order chi connectivity index (χ0) is 27.5. The Labute approximate surface area is 240 Å². The van der Waals surface area contributed by atoms with Gasteiger partial charge in [0.25, 0.3) is 5.91 Å². The molecule has 0 aliphatic rings. The van der Waals surface area contributed by atoms with Crippen molar-refractivity contribution in [3.05, 3.63) is 122 Å². The maximum atomic E-state index is 14.1. The molecule has 0 aliphatic carbocycles. The van der Waals surface area contributed by atoms with E-state index in [1.807, 2.05) is 49.4 Å². The van der Waals surface area contributed by atoms with E-state index in [1.54, 1.807) is 30.3 Å². The van der Waals surface area contributed by atoms with Gasteiger partial charge in [-0.05, 0) is 70.9 Å². The highest BCUT2D eigenvalue weighted by Gasteiger charge is 2.20. The first kappa shape index (κ1) is 26.5. The van der Waals surface area contributed by atoms with Crippen LogP contribution in [0, 0.1) is 12.7 Å². The molecule has 1 heterocycles. The maximum absolute atomic E-state index is 14.1. The van der Waals surface area contributed by atoms with Crippen molar-refractivity contribution in [1.29, 1.82) is 0 Å². The van der Waals surface area contributed by atoms with E-state index in [1.165, 1.54) is 18.3 Å². The number of H-pyrrole nitrogens is 1. The zero-order valence-electron chi connectivity index (χ0n) is 20.5. The van der Waals surface area contributed by atoms with E-state index in [0.717, 1.165) is 11.1 Å². The van der Waals surface area contributed by atoms with Gasteiger partial charge in [0.1, 0.15) is 11.5 Å². The summed E-state index contributed by atoms with van der Waals surface area (Å²) in [7, 11) is 0. The van der Waals surface area contributed by atoms with Crippen LogP contribution in [0.15, 0.2) is 99.0 Å². The molecule has 5 rings (SSSR count). The van der Waals surface area contributed by atoms with Gasteiger partial charge in [0.05, 0.1) is 16.3 Å². The fourth-order valence-electron chi connectivity index (χ4n) is 4.08. The molecule has 0 spiro atoms. The Morgan fingerprint density at radius 2 is 1.72 bits per heavy atom. The lowest BCUT2D eigenvalue weighted by atomic mass is 10.0. The fraction of sp³-hybridized carbons (Fsp3) is 0.0333. The standard InChI is InChI=1S/C30H20Br2FN3O3/c1-17-7-9-19(10-8-17)30(38)39-28-20(13-21(31)14-24(28)32)16-34-36-29(37)27-26(18-5-3-2-4-6-18)23-15-22(33)11-12-25(23)35-27/h2-16,35H,1H3,(H,36,37). The summed E-state index contributed by atoms with van der Waals surface area (Å²) in [5, 5.41) is 4.70.